The van der Waals surface area contributed by atoms with E-state index in [0.717, 1.165) is 12.8 Å². The molecule has 4 unspecified atom stereocenters. The molecule has 1 fully saturated rings. The summed E-state index contributed by atoms with van der Waals surface area (Å²) in [5.74, 6) is 0.645. The highest BCUT2D eigenvalue weighted by Crippen LogP contribution is 2.58. The summed E-state index contributed by atoms with van der Waals surface area (Å²) in [5.41, 5.74) is 0.449. The minimum absolute atomic E-state index is 0.170. The average Bonchev–Trinajstić information content (AvgIpc) is 2.28. The van der Waals surface area contributed by atoms with E-state index in [4.69, 9.17) is 4.74 Å². The van der Waals surface area contributed by atoms with Crippen LogP contribution in [0.25, 0.3) is 0 Å². The van der Waals surface area contributed by atoms with E-state index >= 15 is 0 Å². The lowest BCUT2D eigenvalue weighted by molar-refractivity contribution is -0.162. The first-order chi connectivity index (χ1) is 6.75. The molecule has 0 radical (unpaired) electrons. The molecule has 0 aromatic heterocycles. The van der Waals surface area contributed by atoms with Gasteiger partial charge in [0.15, 0.2) is 6.29 Å². The summed E-state index contributed by atoms with van der Waals surface area (Å²) in [6.07, 6.45) is 1.69. The van der Waals surface area contributed by atoms with Gasteiger partial charge in [-0.15, -0.1) is 0 Å². The molecule has 0 amide bonds. The zero-order valence-electron chi connectivity index (χ0n) is 11.0. The Balaban J connectivity index is 2.92. The highest BCUT2D eigenvalue weighted by atomic mass is 16.6. The van der Waals surface area contributed by atoms with Crippen LogP contribution >= 0.6 is 0 Å². The van der Waals surface area contributed by atoms with Crippen molar-refractivity contribution in [2.75, 3.05) is 0 Å². The van der Waals surface area contributed by atoms with Crippen LogP contribution < -0.4 is 0 Å². The second-order valence-electron chi connectivity index (χ2n) is 5.85. The number of hydrogen-bond donors (Lipinski definition) is 1. The molecule has 0 aromatic carbocycles. The third kappa shape index (κ3) is 1.94. The molecule has 2 nitrogen and oxygen atoms in total. The highest BCUT2D eigenvalue weighted by molar-refractivity contribution is 5.04. The predicted octanol–water partition coefficient (Wildman–Crippen LogP) is 3.19. The van der Waals surface area contributed by atoms with E-state index in [1.807, 2.05) is 0 Å². The molecule has 90 valence electrons. The maximum Gasteiger partial charge on any atom is 0.152 e. The topological polar surface area (TPSA) is 29.5 Å². The maximum absolute atomic E-state index is 9.37. The molecule has 1 N–H and O–H groups in total. The van der Waals surface area contributed by atoms with E-state index < -0.39 is 6.29 Å². The van der Waals surface area contributed by atoms with Crippen LogP contribution in [0.15, 0.2) is 0 Å². The van der Waals surface area contributed by atoms with Crippen LogP contribution in [-0.2, 0) is 4.74 Å². The van der Waals surface area contributed by atoms with Crippen molar-refractivity contribution in [3.8, 4) is 0 Å². The van der Waals surface area contributed by atoms with Gasteiger partial charge in [0.05, 0.1) is 6.10 Å². The number of ether oxygens (including phenoxy) is 1. The van der Waals surface area contributed by atoms with Crippen LogP contribution in [0.4, 0.5) is 0 Å². The van der Waals surface area contributed by atoms with E-state index in [0.29, 0.717) is 5.92 Å². The molecule has 0 spiro atoms. The summed E-state index contributed by atoms with van der Waals surface area (Å²) in [6.45, 7) is 13.2. The molecule has 2 heteroatoms. The molecular formula is C13H26O2. The first-order valence-electron chi connectivity index (χ1n) is 6.09. The normalized spacial score (nSPS) is 41.8. The lowest BCUT2D eigenvalue weighted by Crippen LogP contribution is -2.41. The fraction of sp³-hybridized carbons (Fsp3) is 1.00. The highest BCUT2D eigenvalue weighted by Gasteiger charge is 2.55. The number of rotatable bonds is 3. The van der Waals surface area contributed by atoms with Crippen LogP contribution in [0.2, 0.25) is 0 Å². The van der Waals surface area contributed by atoms with Crippen LogP contribution in [0.5, 0.6) is 0 Å². The van der Waals surface area contributed by atoms with Gasteiger partial charge in [0.1, 0.15) is 0 Å². The van der Waals surface area contributed by atoms with Gasteiger partial charge in [-0.2, -0.15) is 0 Å². The van der Waals surface area contributed by atoms with Crippen molar-refractivity contribution in [1.29, 1.82) is 0 Å². The summed E-state index contributed by atoms with van der Waals surface area (Å²) in [6, 6.07) is 0. The van der Waals surface area contributed by atoms with Crippen molar-refractivity contribution >= 4 is 0 Å². The smallest absolute Gasteiger partial charge is 0.152 e. The Morgan fingerprint density at radius 3 is 2.33 bits per heavy atom. The first-order valence-corrected chi connectivity index (χ1v) is 6.09. The van der Waals surface area contributed by atoms with Crippen LogP contribution in [0, 0.1) is 16.7 Å². The Morgan fingerprint density at radius 2 is 1.93 bits per heavy atom. The molecular weight excluding hydrogens is 188 g/mol. The first kappa shape index (κ1) is 13.0. The minimum atomic E-state index is -0.651. The zero-order chi connectivity index (χ0) is 11.9. The van der Waals surface area contributed by atoms with Crippen molar-refractivity contribution in [3.63, 3.8) is 0 Å². The van der Waals surface area contributed by atoms with E-state index in [2.05, 4.69) is 34.6 Å². The van der Waals surface area contributed by atoms with Crippen molar-refractivity contribution < 1.29 is 9.84 Å². The van der Waals surface area contributed by atoms with E-state index in [-0.39, 0.29) is 16.9 Å². The predicted molar refractivity (Wildman–Crippen MR) is 62.5 cm³/mol. The van der Waals surface area contributed by atoms with Crippen molar-refractivity contribution in [3.05, 3.63) is 0 Å². The SMILES string of the molecule is CCC1(C)C(OC(C)O)CC(C)C1(C)C. The summed E-state index contributed by atoms with van der Waals surface area (Å²) >= 11 is 0. The Bertz CT molecular complexity index is 223. The largest absolute Gasteiger partial charge is 0.368 e. The third-order valence-electron chi connectivity index (χ3n) is 5.08. The molecule has 15 heavy (non-hydrogen) atoms. The lowest BCUT2D eigenvalue weighted by atomic mass is 9.64. The summed E-state index contributed by atoms with van der Waals surface area (Å²) in [4.78, 5) is 0. The van der Waals surface area contributed by atoms with Gasteiger partial charge in [-0.05, 0) is 36.5 Å². The quantitative estimate of drug-likeness (QED) is 0.731. The van der Waals surface area contributed by atoms with Crippen molar-refractivity contribution in [2.45, 2.75) is 66.8 Å². The van der Waals surface area contributed by atoms with E-state index in [1.54, 1.807) is 6.92 Å². The third-order valence-corrected chi connectivity index (χ3v) is 5.08. The Morgan fingerprint density at radius 1 is 1.40 bits per heavy atom. The molecule has 0 bridgehead atoms. The number of hydrogen-bond acceptors (Lipinski definition) is 2. The van der Waals surface area contributed by atoms with Gasteiger partial charge in [-0.3, -0.25) is 0 Å². The molecule has 0 aromatic rings. The summed E-state index contributed by atoms with van der Waals surface area (Å²) in [5, 5.41) is 9.37. The monoisotopic (exact) mass is 214 g/mol. The standard InChI is InChI=1S/C13H26O2/c1-7-13(6)11(15-10(3)14)8-9(2)12(13,4)5/h9-11,14H,7-8H2,1-6H3. The second kappa shape index (κ2) is 4.06. The summed E-state index contributed by atoms with van der Waals surface area (Å²) < 4.78 is 5.68. The second-order valence-corrected chi connectivity index (χ2v) is 5.85. The van der Waals surface area contributed by atoms with Gasteiger partial charge in [-0.25, -0.2) is 0 Å². The molecule has 1 aliphatic rings. The average molecular weight is 214 g/mol. The number of aliphatic hydroxyl groups excluding tert-OH is 1. The van der Waals surface area contributed by atoms with Gasteiger partial charge < -0.3 is 9.84 Å². The fourth-order valence-corrected chi connectivity index (χ4v) is 2.98. The zero-order valence-corrected chi connectivity index (χ0v) is 11.0. The van der Waals surface area contributed by atoms with Gasteiger partial charge in [0.2, 0.25) is 0 Å². The molecule has 1 aliphatic carbocycles. The lowest BCUT2D eigenvalue weighted by Gasteiger charge is -2.43. The molecule has 1 saturated carbocycles. The van der Waals surface area contributed by atoms with Gasteiger partial charge in [0.25, 0.3) is 0 Å². The van der Waals surface area contributed by atoms with Gasteiger partial charge in [0, 0.05) is 0 Å². The fourth-order valence-electron chi connectivity index (χ4n) is 2.98. The van der Waals surface area contributed by atoms with Gasteiger partial charge in [-0.1, -0.05) is 34.6 Å². The molecule has 0 aliphatic heterocycles. The molecule has 1 rings (SSSR count). The Labute approximate surface area is 94.0 Å². The minimum Gasteiger partial charge on any atom is -0.368 e. The summed E-state index contributed by atoms with van der Waals surface area (Å²) in [7, 11) is 0. The van der Waals surface area contributed by atoms with Crippen molar-refractivity contribution in [1.82, 2.24) is 0 Å². The molecule has 4 atom stereocenters. The van der Waals surface area contributed by atoms with Crippen molar-refractivity contribution in [2.24, 2.45) is 16.7 Å². The maximum atomic E-state index is 9.37. The molecule has 0 saturated heterocycles. The Kier molecular flexibility index (Phi) is 3.52. The molecule has 0 heterocycles. The van der Waals surface area contributed by atoms with Crippen LogP contribution in [0.3, 0.4) is 0 Å². The van der Waals surface area contributed by atoms with Crippen LogP contribution in [0.1, 0.15) is 54.4 Å². The Hall–Kier alpha value is -0.0800. The van der Waals surface area contributed by atoms with E-state index in [1.165, 1.54) is 0 Å². The van der Waals surface area contributed by atoms with E-state index in [9.17, 15) is 5.11 Å². The van der Waals surface area contributed by atoms with Gasteiger partial charge >= 0.3 is 0 Å². The number of aliphatic hydroxyl groups is 1. The van der Waals surface area contributed by atoms with Crippen LogP contribution in [-0.4, -0.2) is 17.5 Å².